The lowest BCUT2D eigenvalue weighted by atomic mass is 9.95. The number of anilines is 1. The molecule has 0 spiro atoms. The number of benzene rings is 2. The highest BCUT2D eigenvalue weighted by molar-refractivity contribution is 5.94. The molecule has 3 aromatic rings. The number of aromatic nitrogens is 2. The Morgan fingerprint density at radius 1 is 1.10 bits per heavy atom. The SMILES string of the molecule is COc1cc2c(N3CCN(NC(=O)c4ccc(OC(C)C)cc4)CC3)ncnc2cc1OCCCC1CCCNC1. The predicted octanol–water partition coefficient (Wildman–Crippen LogP) is 4.05. The van der Waals surface area contributed by atoms with Crippen LogP contribution >= 0.6 is 0 Å². The topological polar surface area (TPSA) is 101 Å². The molecule has 220 valence electrons. The summed E-state index contributed by atoms with van der Waals surface area (Å²) in [5.41, 5.74) is 4.45. The van der Waals surface area contributed by atoms with Crippen LogP contribution in [0.15, 0.2) is 42.7 Å². The van der Waals surface area contributed by atoms with Gasteiger partial charge in [-0.05, 0) is 88.9 Å². The van der Waals surface area contributed by atoms with E-state index in [0.717, 1.165) is 47.9 Å². The van der Waals surface area contributed by atoms with Gasteiger partial charge in [-0.3, -0.25) is 10.2 Å². The molecule has 0 radical (unpaired) electrons. The van der Waals surface area contributed by atoms with Crippen molar-refractivity contribution in [3.63, 3.8) is 0 Å². The van der Waals surface area contributed by atoms with Gasteiger partial charge in [-0.25, -0.2) is 15.0 Å². The van der Waals surface area contributed by atoms with Gasteiger partial charge < -0.3 is 24.4 Å². The summed E-state index contributed by atoms with van der Waals surface area (Å²) in [5.74, 6) is 3.62. The number of hydrogen-bond acceptors (Lipinski definition) is 9. The Labute approximate surface area is 242 Å². The van der Waals surface area contributed by atoms with Crippen LogP contribution in [0.25, 0.3) is 10.9 Å². The average Bonchev–Trinajstić information content (AvgIpc) is 2.99. The van der Waals surface area contributed by atoms with Crippen LogP contribution in [0.4, 0.5) is 5.82 Å². The number of nitrogens with zero attached hydrogens (tertiary/aromatic N) is 4. The summed E-state index contributed by atoms with van der Waals surface area (Å²) in [6.45, 7) is 9.62. The maximum atomic E-state index is 12.8. The van der Waals surface area contributed by atoms with Crippen LogP contribution in [0.2, 0.25) is 0 Å². The summed E-state index contributed by atoms with van der Waals surface area (Å²) >= 11 is 0. The van der Waals surface area contributed by atoms with Gasteiger partial charge in [0.05, 0.1) is 25.3 Å². The van der Waals surface area contributed by atoms with Crippen LogP contribution in [-0.2, 0) is 0 Å². The average molecular weight is 563 g/mol. The quantitative estimate of drug-likeness (QED) is 0.335. The summed E-state index contributed by atoms with van der Waals surface area (Å²) in [7, 11) is 1.66. The van der Waals surface area contributed by atoms with E-state index in [0.29, 0.717) is 49.8 Å². The second-order valence-electron chi connectivity index (χ2n) is 11.0. The number of piperazine rings is 1. The third-order valence-electron chi connectivity index (χ3n) is 7.64. The first-order valence-electron chi connectivity index (χ1n) is 14.7. The second kappa shape index (κ2) is 13.8. The van der Waals surface area contributed by atoms with E-state index in [4.69, 9.17) is 14.2 Å². The molecule has 2 fully saturated rings. The van der Waals surface area contributed by atoms with Crippen LogP contribution in [-0.4, -0.2) is 80.0 Å². The molecule has 2 aromatic carbocycles. The first-order valence-corrected chi connectivity index (χ1v) is 14.7. The van der Waals surface area contributed by atoms with Gasteiger partial charge in [0, 0.05) is 43.2 Å². The number of fused-ring (bicyclic) bond motifs is 1. The standard InChI is InChI=1S/C31H42N6O4/c1-22(2)41-25-10-8-24(9-11-25)31(38)35-37-15-13-36(14-16-37)30-26-18-28(39-3)29(19-27(26)33-21-34-30)40-17-5-7-23-6-4-12-32-20-23/h8-11,18-19,21-23,32H,4-7,12-17,20H2,1-3H3,(H,35,38). The Kier molecular flexibility index (Phi) is 9.74. The molecule has 1 unspecified atom stereocenters. The maximum absolute atomic E-state index is 12.8. The molecule has 5 rings (SSSR count). The number of hydrogen-bond donors (Lipinski definition) is 2. The van der Waals surface area contributed by atoms with E-state index in [1.54, 1.807) is 25.6 Å². The number of carbonyl (C=O) groups excluding carboxylic acids is 1. The second-order valence-corrected chi connectivity index (χ2v) is 11.0. The number of methoxy groups -OCH3 is 1. The van der Waals surface area contributed by atoms with E-state index in [1.807, 2.05) is 43.1 Å². The molecule has 2 aliphatic rings. The number of piperidine rings is 1. The largest absolute Gasteiger partial charge is 0.493 e. The van der Waals surface area contributed by atoms with E-state index >= 15 is 0 Å². The van der Waals surface area contributed by atoms with Gasteiger partial charge in [0.2, 0.25) is 0 Å². The third kappa shape index (κ3) is 7.56. The Bertz CT molecular complexity index is 1290. The highest BCUT2D eigenvalue weighted by Gasteiger charge is 2.23. The monoisotopic (exact) mass is 562 g/mol. The molecule has 1 atom stereocenters. The molecule has 0 aliphatic carbocycles. The van der Waals surface area contributed by atoms with Gasteiger partial charge in [0.25, 0.3) is 5.91 Å². The van der Waals surface area contributed by atoms with Crippen molar-refractivity contribution in [2.24, 2.45) is 5.92 Å². The molecule has 41 heavy (non-hydrogen) atoms. The molecule has 1 aromatic heterocycles. The number of ether oxygens (including phenoxy) is 3. The fraction of sp³-hybridized carbons (Fsp3) is 0.516. The van der Waals surface area contributed by atoms with E-state index in [9.17, 15) is 4.79 Å². The van der Waals surface area contributed by atoms with E-state index < -0.39 is 0 Å². The lowest BCUT2D eigenvalue weighted by Crippen LogP contribution is -2.53. The first-order chi connectivity index (χ1) is 20.0. The summed E-state index contributed by atoms with van der Waals surface area (Å²) in [6, 6.07) is 11.2. The number of hydrazine groups is 1. The number of amides is 1. The van der Waals surface area contributed by atoms with E-state index in [1.165, 1.54) is 19.3 Å². The van der Waals surface area contributed by atoms with Crippen LogP contribution < -0.4 is 29.9 Å². The number of nitrogens with one attached hydrogen (secondary N) is 2. The van der Waals surface area contributed by atoms with Gasteiger partial charge in [-0.15, -0.1) is 0 Å². The minimum absolute atomic E-state index is 0.0910. The molecule has 0 bridgehead atoms. The van der Waals surface area contributed by atoms with Crippen molar-refractivity contribution >= 4 is 22.6 Å². The Morgan fingerprint density at radius 2 is 1.90 bits per heavy atom. The maximum Gasteiger partial charge on any atom is 0.265 e. The molecule has 10 heteroatoms. The molecule has 2 saturated heterocycles. The summed E-state index contributed by atoms with van der Waals surface area (Å²) in [4.78, 5) is 24.2. The van der Waals surface area contributed by atoms with E-state index in [-0.39, 0.29) is 12.0 Å². The van der Waals surface area contributed by atoms with Crippen LogP contribution in [0.1, 0.15) is 49.9 Å². The van der Waals surface area contributed by atoms with Crippen molar-refractivity contribution in [1.82, 2.24) is 25.7 Å². The Hall–Kier alpha value is -3.63. The predicted molar refractivity (Wildman–Crippen MR) is 160 cm³/mol. The van der Waals surface area contributed by atoms with Crippen LogP contribution in [0, 0.1) is 5.92 Å². The van der Waals surface area contributed by atoms with Crippen molar-refractivity contribution in [3.05, 3.63) is 48.3 Å². The molecule has 1 amide bonds. The molecule has 10 nitrogen and oxygen atoms in total. The minimum atomic E-state index is -0.130. The van der Waals surface area contributed by atoms with Crippen molar-refractivity contribution in [3.8, 4) is 17.2 Å². The first kappa shape index (κ1) is 28.9. The van der Waals surface area contributed by atoms with Crippen molar-refractivity contribution in [1.29, 1.82) is 0 Å². The van der Waals surface area contributed by atoms with Gasteiger partial charge >= 0.3 is 0 Å². The zero-order valence-electron chi connectivity index (χ0n) is 24.4. The Balaban J connectivity index is 1.17. The fourth-order valence-electron chi connectivity index (χ4n) is 5.49. The minimum Gasteiger partial charge on any atom is -0.493 e. The van der Waals surface area contributed by atoms with Gasteiger partial charge in [-0.1, -0.05) is 0 Å². The zero-order chi connectivity index (χ0) is 28.6. The van der Waals surface area contributed by atoms with Crippen molar-refractivity contribution < 1.29 is 19.0 Å². The van der Waals surface area contributed by atoms with E-state index in [2.05, 4.69) is 25.6 Å². The molecule has 0 saturated carbocycles. The third-order valence-corrected chi connectivity index (χ3v) is 7.64. The summed E-state index contributed by atoms with van der Waals surface area (Å²) in [5, 5.41) is 6.36. The molecule has 2 aliphatic heterocycles. The van der Waals surface area contributed by atoms with Crippen LogP contribution in [0.5, 0.6) is 17.2 Å². The van der Waals surface area contributed by atoms with Gasteiger partial charge in [0.1, 0.15) is 17.9 Å². The summed E-state index contributed by atoms with van der Waals surface area (Å²) in [6.07, 6.45) is 6.44. The molecular formula is C31H42N6O4. The lowest BCUT2D eigenvalue weighted by Gasteiger charge is -2.35. The van der Waals surface area contributed by atoms with Crippen LogP contribution in [0.3, 0.4) is 0 Å². The lowest BCUT2D eigenvalue weighted by molar-refractivity contribution is 0.0777. The number of carbonyl (C=O) groups is 1. The normalized spacial score (nSPS) is 18.0. The molecule has 2 N–H and O–H groups in total. The number of rotatable bonds is 11. The fourth-order valence-corrected chi connectivity index (χ4v) is 5.49. The van der Waals surface area contributed by atoms with Gasteiger partial charge in [-0.2, -0.15) is 0 Å². The smallest absolute Gasteiger partial charge is 0.265 e. The highest BCUT2D eigenvalue weighted by Crippen LogP contribution is 2.35. The zero-order valence-corrected chi connectivity index (χ0v) is 24.4. The molecular weight excluding hydrogens is 520 g/mol. The van der Waals surface area contributed by atoms with Crippen molar-refractivity contribution in [2.75, 3.05) is 57.9 Å². The van der Waals surface area contributed by atoms with Crippen molar-refractivity contribution in [2.45, 2.75) is 45.6 Å². The highest BCUT2D eigenvalue weighted by atomic mass is 16.5. The molecule has 3 heterocycles. The Morgan fingerprint density at radius 3 is 2.61 bits per heavy atom. The summed E-state index contributed by atoms with van der Waals surface area (Å²) < 4.78 is 17.5. The van der Waals surface area contributed by atoms with Gasteiger partial charge in [0.15, 0.2) is 11.5 Å².